The Morgan fingerprint density at radius 1 is 1.16 bits per heavy atom. The summed E-state index contributed by atoms with van der Waals surface area (Å²) in [6.45, 7) is 0. The van der Waals surface area contributed by atoms with Gasteiger partial charge in [-0.1, -0.05) is 0 Å². The largest absolute Gasteiger partial charge is 0.496 e. The second-order valence-electron chi connectivity index (χ2n) is 3.89. The number of hydrogen-bond acceptors (Lipinski definition) is 4. The Hall–Kier alpha value is -2.37. The van der Waals surface area contributed by atoms with Crippen LogP contribution in [-0.4, -0.2) is 35.0 Å². The molecule has 0 amide bonds. The van der Waals surface area contributed by atoms with Crippen LogP contribution in [0.25, 0.3) is 0 Å². The highest BCUT2D eigenvalue weighted by Crippen LogP contribution is 2.21. The van der Waals surface area contributed by atoms with E-state index in [1.54, 1.807) is 0 Å². The molecule has 0 bridgehead atoms. The van der Waals surface area contributed by atoms with Crippen LogP contribution in [-0.2, 0) is 4.79 Å². The first-order valence-corrected chi connectivity index (χ1v) is 5.62. The van der Waals surface area contributed by atoms with Gasteiger partial charge in [0.1, 0.15) is 11.3 Å². The first kappa shape index (κ1) is 14.7. The summed E-state index contributed by atoms with van der Waals surface area (Å²) in [5.41, 5.74) is 0.148. The number of aliphatic carboxylic acids is 1. The van der Waals surface area contributed by atoms with Crippen LogP contribution in [0.4, 0.5) is 0 Å². The lowest BCUT2D eigenvalue weighted by Gasteiger charge is -2.07. The second kappa shape index (κ2) is 6.53. The SMILES string of the molecule is COc1ccc(C(=O)CCCC(=O)O)cc1C(=O)O. The normalized spacial score (nSPS) is 9.95. The zero-order chi connectivity index (χ0) is 14.4. The third-order valence-corrected chi connectivity index (χ3v) is 2.55. The standard InChI is InChI=1S/C13H14O6/c1-19-11-6-5-8(7-9(11)13(17)18)10(14)3-2-4-12(15)16/h5-7H,2-4H2,1H3,(H,15,16)(H,17,18). The molecule has 0 fully saturated rings. The van der Waals surface area contributed by atoms with Gasteiger partial charge in [0.2, 0.25) is 0 Å². The summed E-state index contributed by atoms with van der Waals surface area (Å²) in [4.78, 5) is 33.1. The van der Waals surface area contributed by atoms with Gasteiger partial charge in [-0.3, -0.25) is 9.59 Å². The predicted molar refractivity (Wildman–Crippen MR) is 65.8 cm³/mol. The molecule has 0 saturated carbocycles. The number of carbonyl (C=O) groups is 3. The number of benzene rings is 1. The van der Waals surface area contributed by atoms with Crippen LogP contribution in [0.5, 0.6) is 5.75 Å². The van der Waals surface area contributed by atoms with Gasteiger partial charge in [0, 0.05) is 18.4 Å². The van der Waals surface area contributed by atoms with Gasteiger partial charge in [-0.25, -0.2) is 4.79 Å². The highest BCUT2D eigenvalue weighted by molar-refractivity contribution is 6.00. The number of ether oxygens (including phenoxy) is 1. The molecular weight excluding hydrogens is 252 g/mol. The van der Waals surface area contributed by atoms with Crippen LogP contribution in [0.15, 0.2) is 18.2 Å². The van der Waals surface area contributed by atoms with Crippen molar-refractivity contribution in [3.05, 3.63) is 29.3 Å². The molecule has 0 aromatic heterocycles. The van der Waals surface area contributed by atoms with Crippen molar-refractivity contribution in [1.82, 2.24) is 0 Å². The smallest absolute Gasteiger partial charge is 0.339 e. The molecule has 1 aromatic rings. The Morgan fingerprint density at radius 3 is 2.37 bits per heavy atom. The van der Waals surface area contributed by atoms with E-state index in [1.807, 2.05) is 0 Å². The maximum absolute atomic E-state index is 11.8. The van der Waals surface area contributed by atoms with Crippen molar-refractivity contribution >= 4 is 17.7 Å². The van der Waals surface area contributed by atoms with E-state index in [0.717, 1.165) is 0 Å². The molecule has 2 N–H and O–H groups in total. The molecule has 0 aliphatic heterocycles. The minimum atomic E-state index is -1.18. The molecule has 1 aromatic carbocycles. The summed E-state index contributed by atoms with van der Waals surface area (Å²) in [5, 5.41) is 17.5. The van der Waals surface area contributed by atoms with Crippen molar-refractivity contribution < 1.29 is 29.3 Å². The lowest BCUT2D eigenvalue weighted by molar-refractivity contribution is -0.137. The van der Waals surface area contributed by atoms with Crippen molar-refractivity contribution in [2.24, 2.45) is 0 Å². The van der Waals surface area contributed by atoms with E-state index in [4.69, 9.17) is 14.9 Å². The first-order chi connectivity index (χ1) is 8.95. The molecule has 0 radical (unpaired) electrons. The number of carboxylic acids is 2. The number of hydrogen-bond donors (Lipinski definition) is 2. The summed E-state index contributed by atoms with van der Waals surface area (Å²) < 4.78 is 4.88. The zero-order valence-electron chi connectivity index (χ0n) is 10.4. The van der Waals surface area contributed by atoms with Crippen molar-refractivity contribution in [2.75, 3.05) is 7.11 Å². The summed E-state index contributed by atoms with van der Waals surface area (Å²) in [6, 6.07) is 4.12. The van der Waals surface area contributed by atoms with Crippen molar-refractivity contribution in [2.45, 2.75) is 19.3 Å². The monoisotopic (exact) mass is 266 g/mol. The quantitative estimate of drug-likeness (QED) is 0.730. The third kappa shape index (κ3) is 4.09. The first-order valence-electron chi connectivity index (χ1n) is 5.62. The number of Topliss-reactive ketones (excluding diaryl/α,β-unsaturated/α-hetero) is 1. The Labute approximate surface area is 109 Å². The summed E-state index contributed by atoms with van der Waals surface area (Å²) in [5.74, 6) is -2.26. The highest BCUT2D eigenvalue weighted by atomic mass is 16.5. The lowest BCUT2D eigenvalue weighted by Crippen LogP contribution is -2.06. The van der Waals surface area contributed by atoms with Crippen LogP contribution >= 0.6 is 0 Å². The molecule has 1 rings (SSSR count). The summed E-state index contributed by atoms with van der Waals surface area (Å²) in [6.07, 6.45) is 0.202. The fourth-order valence-electron chi connectivity index (χ4n) is 1.59. The molecule has 0 aliphatic rings. The fourth-order valence-corrected chi connectivity index (χ4v) is 1.59. The maximum Gasteiger partial charge on any atom is 0.339 e. The van der Waals surface area contributed by atoms with Gasteiger partial charge >= 0.3 is 11.9 Å². The van der Waals surface area contributed by atoms with Gasteiger partial charge < -0.3 is 14.9 Å². The molecule has 0 atom stereocenters. The number of aromatic carboxylic acids is 1. The number of methoxy groups -OCH3 is 1. The molecule has 102 valence electrons. The maximum atomic E-state index is 11.8. The van der Waals surface area contributed by atoms with E-state index in [1.165, 1.54) is 25.3 Å². The van der Waals surface area contributed by atoms with Gasteiger partial charge in [0.15, 0.2) is 5.78 Å². The van der Waals surface area contributed by atoms with E-state index in [-0.39, 0.29) is 41.9 Å². The third-order valence-electron chi connectivity index (χ3n) is 2.55. The fraction of sp³-hybridized carbons (Fsp3) is 0.308. The minimum Gasteiger partial charge on any atom is -0.496 e. The van der Waals surface area contributed by atoms with Crippen LogP contribution < -0.4 is 4.74 Å². The van der Waals surface area contributed by atoms with Gasteiger partial charge in [-0.2, -0.15) is 0 Å². The lowest BCUT2D eigenvalue weighted by atomic mass is 10.0. The number of carbonyl (C=O) groups excluding carboxylic acids is 1. The molecule has 6 heteroatoms. The molecule has 19 heavy (non-hydrogen) atoms. The van der Waals surface area contributed by atoms with Gasteiger partial charge in [0.25, 0.3) is 0 Å². The number of rotatable bonds is 7. The van der Waals surface area contributed by atoms with E-state index >= 15 is 0 Å². The van der Waals surface area contributed by atoms with Crippen LogP contribution in [0, 0.1) is 0 Å². The van der Waals surface area contributed by atoms with Crippen molar-refractivity contribution in [1.29, 1.82) is 0 Å². The minimum absolute atomic E-state index is 0.0672. The average molecular weight is 266 g/mol. The molecule has 0 unspecified atom stereocenters. The Kier molecular flexibility index (Phi) is 5.05. The van der Waals surface area contributed by atoms with E-state index in [9.17, 15) is 14.4 Å². The van der Waals surface area contributed by atoms with Crippen LogP contribution in [0.1, 0.15) is 40.0 Å². The topological polar surface area (TPSA) is 101 Å². The van der Waals surface area contributed by atoms with E-state index < -0.39 is 11.9 Å². The van der Waals surface area contributed by atoms with Crippen molar-refractivity contribution in [3.63, 3.8) is 0 Å². The Morgan fingerprint density at radius 2 is 1.84 bits per heavy atom. The zero-order valence-corrected chi connectivity index (χ0v) is 10.4. The second-order valence-corrected chi connectivity index (χ2v) is 3.89. The Balaban J connectivity index is 2.83. The van der Waals surface area contributed by atoms with Crippen LogP contribution in [0.2, 0.25) is 0 Å². The number of ketones is 1. The van der Waals surface area contributed by atoms with Gasteiger partial charge in [0.05, 0.1) is 7.11 Å². The molecular formula is C13H14O6. The van der Waals surface area contributed by atoms with Crippen molar-refractivity contribution in [3.8, 4) is 5.75 Å². The number of carboxylic acid groups (broad SMARTS) is 2. The Bertz CT molecular complexity index is 506. The molecule has 0 aliphatic carbocycles. The molecule has 0 heterocycles. The highest BCUT2D eigenvalue weighted by Gasteiger charge is 2.15. The summed E-state index contributed by atoms with van der Waals surface area (Å²) >= 11 is 0. The molecule has 0 saturated heterocycles. The molecule has 0 spiro atoms. The predicted octanol–water partition coefficient (Wildman–Crippen LogP) is 1.83. The average Bonchev–Trinajstić information content (AvgIpc) is 2.37. The summed E-state index contributed by atoms with van der Waals surface area (Å²) in [7, 11) is 1.34. The van der Waals surface area contributed by atoms with E-state index in [0.29, 0.717) is 0 Å². The van der Waals surface area contributed by atoms with E-state index in [2.05, 4.69) is 0 Å². The van der Waals surface area contributed by atoms with Gasteiger partial charge in [-0.05, 0) is 24.6 Å². The van der Waals surface area contributed by atoms with Crippen LogP contribution in [0.3, 0.4) is 0 Å². The van der Waals surface area contributed by atoms with Gasteiger partial charge in [-0.15, -0.1) is 0 Å². The molecule has 6 nitrogen and oxygen atoms in total.